The van der Waals surface area contributed by atoms with E-state index >= 15 is 0 Å². The Kier molecular flexibility index (Phi) is 5.09. The molecule has 2 rings (SSSR count). The van der Waals surface area contributed by atoms with Crippen LogP contribution in [0, 0.1) is 17.8 Å². The lowest BCUT2D eigenvalue weighted by Gasteiger charge is -2.23. The van der Waals surface area contributed by atoms with E-state index < -0.39 is 0 Å². The van der Waals surface area contributed by atoms with Gasteiger partial charge in [-0.1, -0.05) is 18.9 Å². The summed E-state index contributed by atoms with van der Waals surface area (Å²) in [5.41, 5.74) is 0. The van der Waals surface area contributed by atoms with Gasteiger partial charge in [-0.25, -0.2) is 0 Å². The van der Waals surface area contributed by atoms with E-state index in [4.69, 9.17) is 0 Å². The fourth-order valence-electron chi connectivity index (χ4n) is 2.67. The molecule has 1 saturated carbocycles. The van der Waals surface area contributed by atoms with E-state index in [1.54, 1.807) is 0 Å². The van der Waals surface area contributed by atoms with Gasteiger partial charge in [0.05, 0.1) is 0 Å². The van der Waals surface area contributed by atoms with E-state index in [0.29, 0.717) is 6.04 Å². The van der Waals surface area contributed by atoms with Crippen LogP contribution in [0.15, 0.2) is 17.5 Å². The Hall–Kier alpha value is -0.780. The van der Waals surface area contributed by atoms with Crippen LogP contribution in [0.5, 0.6) is 0 Å². The largest absolute Gasteiger partial charge is 0.308 e. The maximum absolute atomic E-state index is 3.71. The third-order valence-electron chi connectivity index (χ3n) is 3.51. The summed E-state index contributed by atoms with van der Waals surface area (Å²) in [6, 6.07) is 5.00. The summed E-state index contributed by atoms with van der Waals surface area (Å²) in [5, 5.41) is 5.89. The average Bonchev–Trinajstić information content (AvgIpc) is 3.02. The second kappa shape index (κ2) is 6.83. The Morgan fingerprint density at radius 3 is 2.94 bits per heavy atom. The smallest absolute Gasteiger partial charge is 0.0443 e. The summed E-state index contributed by atoms with van der Waals surface area (Å²) in [6.45, 7) is 2.92. The van der Waals surface area contributed by atoms with Crippen LogP contribution in [0.3, 0.4) is 0 Å². The van der Waals surface area contributed by atoms with Crippen LogP contribution in [0.2, 0.25) is 0 Å². The molecule has 0 aromatic carbocycles. The Balaban J connectivity index is 1.94. The molecule has 0 aliphatic heterocycles. The van der Waals surface area contributed by atoms with Gasteiger partial charge in [-0.15, -0.1) is 23.2 Å². The van der Waals surface area contributed by atoms with Crippen molar-refractivity contribution in [1.29, 1.82) is 0 Å². The predicted octanol–water partition coefficient (Wildman–Crippen LogP) is 3.98. The van der Waals surface area contributed by atoms with Gasteiger partial charge in [0.15, 0.2) is 0 Å². The maximum Gasteiger partial charge on any atom is 0.0443 e. The second-order valence-corrected chi connectivity index (χ2v) is 5.65. The summed E-state index contributed by atoms with van der Waals surface area (Å²) in [6.07, 6.45) is 6.54. The lowest BCUT2D eigenvalue weighted by molar-refractivity contribution is 0.376. The molecule has 1 N–H and O–H groups in total. The minimum atomic E-state index is 0.566. The first kappa shape index (κ1) is 12.7. The van der Waals surface area contributed by atoms with E-state index in [1.165, 1.54) is 30.6 Å². The lowest BCUT2D eigenvalue weighted by Crippen LogP contribution is -2.27. The Morgan fingerprint density at radius 1 is 1.47 bits per heavy atom. The molecule has 1 aliphatic rings. The molecule has 1 heterocycles. The molecule has 1 aromatic heterocycles. The van der Waals surface area contributed by atoms with Crippen LogP contribution in [0.1, 0.15) is 49.9 Å². The molecule has 1 atom stereocenters. The minimum absolute atomic E-state index is 0.566. The molecule has 1 unspecified atom stereocenters. The monoisotopic (exact) mass is 247 g/mol. The van der Waals surface area contributed by atoms with Gasteiger partial charge in [0.2, 0.25) is 0 Å². The summed E-state index contributed by atoms with van der Waals surface area (Å²) in [5.74, 6) is 6.93. The predicted molar refractivity (Wildman–Crippen MR) is 75.1 cm³/mol. The molecule has 1 aliphatic carbocycles. The average molecular weight is 247 g/mol. The number of rotatable bonds is 5. The first-order valence-electron chi connectivity index (χ1n) is 6.58. The molecule has 17 heavy (non-hydrogen) atoms. The molecular formula is C15H21NS. The zero-order valence-electron chi connectivity index (χ0n) is 10.5. The topological polar surface area (TPSA) is 12.0 Å². The zero-order chi connectivity index (χ0) is 11.9. The third kappa shape index (κ3) is 3.59. The highest BCUT2D eigenvalue weighted by atomic mass is 32.1. The Morgan fingerprint density at radius 2 is 2.29 bits per heavy atom. The highest BCUT2D eigenvalue weighted by molar-refractivity contribution is 7.10. The Bertz CT molecular complexity index is 365. The van der Waals surface area contributed by atoms with Crippen molar-refractivity contribution >= 4 is 11.3 Å². The van der Waals surface area contributed by atoms with Crippen LogP contribution in [0.25, 0.3) is 0 Å². The zero-order valence-corrected chi connectivity index (χ0v) is 11.4. The maximum atomic E-state index is 3.71. The van der Waals surface area contributed by atoms with Gasteiger partial charge < -0.3 is 5.32 Å². The number of thiophene rings is 1. The molecule has 0 amide bonds. The molecular weight excluding hydrogens is 226 g/mol. The minimum Gasteiger partial charge on any atom is -0.308 e. The molecule has 1 fully saturated rings. The van der Waals surface area contributed by atoms with Crippen molar-refractivity contribution in [3.05, 3.63) is 22.4 Å². The van der Waals surface area contributed by atoms with E-state index in [1.807, 2.05) is 18.3 Å². The highest BCUT2D eigenvalue weighted by Crippen LogP contribution is 2.37. The van der Waals surface area contributed by atoms with Crippen molar-refractivity contribution in [2.75, 3.05) is 6.54 Å². The van der Waals surface area contributed by atoms with Crippen molar-refractivity contribution in [2.24, 2.45) is 5.92 Å². The van der Waals surface area contributed by atoms with E-state index in [2.05, 4.69) is 34.7 Å². The van der Waals surface area contributed by atoms with E-state index in [0.717, 1.165) is 18.9 Å². The summed E-state index contributed by atoms with van der Waals surface area (Å²) in [7, 11) is 0. The van der Waals surface area contributed by atoms with Gasteiger partial charge in [0.25, 0.3) is 0 Å². The first-order chi connectivity index (χ1) is 8.42. The highest BCUT2D eigenvalue weighted by Gasteiger charge is 2.26. The van der Waals surface area contributed by atoms with Crippen LogP contribution in [-0.2, 0) is 0 Å². The quantitative estimate of drug-likeness (QED) is 0.613. The molecule has 0 bridgehead atoms. The van der Waals surface area contributed by atoms with Crippen LogP contribution in [-0.4, -0.2) is 6.54 Å². The van der Waals surface area contributed by atoms with Crippen molar-refractivity contribution in [2.45, 2.75) is 45.1 Å². The van der Waals surface area contributed by atoms with Crippen LogP contribution >= 0.6 is 11.3 Å². The summed E-state index contributed by atoms with van der Waals surface area (Å²) >= 11 is 1.88. The fraction of sp³-hybridized carbons (Fsp3) is 0.600. The third-order valence-corrected chi connectivity index (χ3v) is 4.47. The van der Waals surface area contributed by atoms with Crippen LogP contribution in [0.4, 0.5) is 0 Å². The van der Waals surface area contributed by atoms with Crippen LogP contribution < -0.4 is 5.32 Å². The van der Waals surface area contributed by atoms with Gasteiger partial charge in [0.1, 0.15) is 0 Å². The van der Waals surface area contributed by atoms with Gasteiger partial charge in [-0.05, 0) is 37.1 Å². The lowest BCUT2D eigenvalue weighted by atomic mass is 9.96. The molecule has 2 heteroatoms. The summed E-state index contributed by atoms with van der Waals surface area (Å²) in [4.78, 5) is 1.50. The summed E-state index contributed by atoms with van der Waals surface area (Å²) < 4.78 is 0. The van der Waals surface area contributed by atoms with Gasteiger partial charge in [-0.3, -0.25) is 0 Å². The van der Waals surface area contributed by atoms with Gasteiger partial charge in [0, 0.05) is 23.9 Å². The number of hydrogen-bond acceptors (Lipinski definition) is 2. The fourth-order valence-corrected chi connectivity index (χ4v) is 3.57. The standard InChI is InChI=1S/C15H21NS/c1-2-3-6-11-16-15(13-8-4-5-9-13)14-10-7-12-17-14/h7,10,12-13,15-16H,4-6,8-9,11H2,1H3. The molecule has 1 aromatic rings. The molecule has 92 valence electrons. The van der Waals surface area contributed by atoms with E-state index in [-0.39, 0.29) is 0 Å². The van der Waals surface area contributed by atoms with Crippen molar-refractivity contribution in [3.8, 4) is 11.8 Å². The molecule has 1 nitrogen and oxygen atoms in total. The van der Waals surface area contributed by atoms with Crippen molar-refractivity contribution in [1.82, 2.24) is 5.32 Å². The van der Waals surface area contributed by atoms with Crippen molar-refractivity contribution < 1.29 is 0 Å². The SMILES string of the molecule is CC#CCCNC(c1cccs1)C1CCCC1. The van der Waals surface area contributed by atoms with Crippen molar-refractivity contribution in [3.63, 3.8) is 0 Å². The molecule has 0 spiro atoms. The Labute approximate surface area is 109 Å². The second-order valence-electron chi connectivity index (χ2n) is 4.67. The normalized spacial score (nSPS) is 17.7. The van der Waals surface area contributed by atoms with Gasteiger partial charge in [-0.2, -0.15) is 0 Å². The number of nitrogens with one attached hydrogen (secondary N) is 1. The first-order valence-corrected chi connectivity index (χ1v) is 7.46. The van der Waals surface area contributed by atoms with E-state index in [9.17, 15) is 0 Å². The molecule has 0 saturated heterocycles. The molecule has 0 radical (unpaired) electrons. The number of hydrogen-bond donors (Lipinski definition) is 1. The van der Waals surface area contributed by atoms with Gasteiger partial charge >= 0.3 is 0 Å².